The molecule has 5 nitrogen and oxygen atoms in total. The van der Waals surface area contributed by atoms with E-state index in [1.807, 2.05) is 0 Å². The number of halogens is 2. The molecule has 1 aromatic heterocycles. The summed E-state index contributed by atoms with van der Waals surface area (Å²) >= 11 is 13.6. The van der Waals surface area contributed by atoms with Crippen molar-refractivity contribution in [2.75, 3.05) is 34.4 Å². The number of hydrogen-bond donors (Lipinski definition) is 1. The summed E-state index contributed by atoms with van der Waals surface area (Å²) in [5, 5.41) is -0.0516. The first-order chi connectivity index (χ1) is 9.36. The number of nitrogens with two attached hydrogens (primary N) is 1. The zero-order valence-corrected chi connectivity index (χ0v) is 14.0. The predicted octanol–water partition coefficient (Wildman–Crippen LogP) is 2.28. The lowest BCUT2D eigenvalue weighted by atomic mass is 10.4. The van der Waals surface area contributed by atoms with E-state index in [0.717, 1.165) is 5.75 Å². The van der Waals surface area contributed by atoms with Crippen molar-refractivity contribution in [3.63, 3.8) is 0 Å². The first-order valence-corrected chi connectivity index (χ1v) is 9.67. The van der Waals surface area contributed by atoms with Gasteiger partial charge in [-0.3, -0.25) is 0 Å². The molecule has 1 aromatic rings. The van der Waals surface area contributed by atoms with Gasteiger partial charge in [0.05, 0.1) is 10.0 Å². The molecule has 0 aromatic carbocycles. The van der Waals surface area contributed by atoms with Crippen LogP contribution in [-0.4, -0.2) is 42.6 Å². The molecular formula is C11H15Cl2N3O2S2. The average molecular weight is 356 g/mol. The number of nitrogen functional groups attached to an aromatic ring is 1. The molecule has 112 valence electrons. The van der Waals surface area contributed by atoms with Crippen LogP contribution in [0.1, 0.15) is 6.92 Å². The molecule has 2 heterocycles. The highest BCUT2D eigenvalue weighted by atomic mass is 35.5. The first-order valence-electron chi connectivity index (χ1n) is 6.04. The normalized spacial score (nSPS) is 20.1. The lowest BCUT2D eigenvalue weighted by molar-refractivity contribution is 0.579. The third-order valence-electron chi connectivity index (χ3n) is 3.11. The van der Waals surface area contributed by atoms with Gasteiger partial charge in [0.15, 0.2) is 15.7 Å². The molecule has 0 bridgehead atoms. The molecule has 0 amide bonds. The second-order valence-electron chi connectivity index (χ2n) is 4.34. The highest BCUT2D eigenvalue weighted by molar-refractivity contribution is 8.01. The number of hydrogen-bond acceptors (Lipinski definition) is 6. The monoisotopic (exact) mass is 355 g/mol. The van der Waals surface area contributed by atoms with Gasteiger partial charge < -0.3 is 10.6 Å². The Morgan fingerprint density at radius 1 is 1.50 bits per heavy atom. The lowest BCUT2D eigenvalue weighted by Crippen LogP contribution is -2.48. The number of sulfone groups is 1. The van der Waals surface area contributed by atoms with Crippen LogP contribution in [0.15, 0.2) is 6.07 Å². The van der Waals surface area contributed by atoms with Crippen LogP contribution < -0.4 is 10.6 Å². The van der Waals surface area contributed by atoms with E-state index in [9.17, 15) is 8.42 Å². The van der Waals surface area contributed by atoms with Gasteiger partial charge in [-0.05, 0) is 6.07 Å². The van der Waals surface area contributed by atoms with Crippen LogP contribution in [-0.2, 0) is 9.84 Å². The molecule has 2 rings (SSSR count). The highest BCUT2D eigenvalue weighted by Gasteiger charge is 2.34. The van der Waals surface area contributed by atoms with Gasteiger partial charge in [-0.2, -0.15) is 11.8 Å². The van der Waals surface area contributed by atoms with Crippen LogP contribution in [0.3, 0.4) is 0 Å². The molecule has 2 N–H and O–H groups in total. The van der Waals surface area contributed by atoms with Gasteiger partial charge in [-0.25, -0.2) is 13.4 Å². The molecule has 9 heteroatoms. The van der Waals surface area contributed by atoms with Crippen LogP contribution in [0, 0.1) is 0 Å². The highest BCUT2D eigenvalue weighted by Crippen LogP contribution is 2.34. The van der Waals surface area contributed by atoms with E-state index in [4.69, 9.17) is 28.9 Å². The van der Waals surface area contributed by atoms with Gasteiger partial charge in [-0.1, -0.05) is 30.1 Å². The van der Waals surface area contributed by atoms with Gasteiger partial charge >= 0.3 is 0 Å². The third-order valence-corrected chi connectivity index (χ3v) is 6.98. The van der Waals surface area contributed by atoms with E-state index in [2.05, 4.69) is 4.98 Å². The molecular weight excluding hydrogens is 341 g/mol. The quantitative estimate of drug-likeness (QED) is 0.896. The molecule has 0 saturated carbocycles. The Kier molecular flexibility index (Phi) is 4.94. The molecule has 0 spiro atoms. The molecule has 1 atom stereocenters. The number of anilines is 2. The summed E-state index contributed by atoms with van der Waals surface area (Å²) in [6.07, 6.45) is 0. The van der Waals surface area contributed by atoms with E-state index >= 15 is 0 Å². The first kappa shape index (κ1) is 16.0. The van der Waals surface area contributed by atoms with Gasteiger partial charge in [0.25, 0.3) is 0 Å². The lowest BCUT2D eigenvalue weighted by Gasteiger charge is -2.36. The van der Waals surface area contributed by atoms with Crippen LogP contribution >= 0.6 is 35.0 Å². The summed E-state index contributed by atoms with van der Waals surface area (Å²) in [5.41, 5.74) is 5.70. The second-order valence-corrected chi connectivity index (χ2v) is 8.75. The Balaban J connectivity index is 2.46. The van der Waals surface area contributed by atoms with E-state index < -0.39 is 15.2 Å². The van der Waals surface area contributed by atoms with Crippen molar-refractivity contribution in [3.8, 4) is 0 Å². The van der Waals surface area contributed by atoms with Gasteiger partial charge in [-0.15, -0.1) is 0 Å². The number of pyridine rings is 1. The second kappa shape index (κ2) is 6.17. The standard InChI is InChI=1S/C11H15Cl2N3O2S2/c1-2-20(17,18)9-6-19-4-3-16(9)11-8(13)5-7(12)10(14)15-11/h5,9H,2-4,6H2,1H3,(H2,14,15). The Bertz CT molecular complexity index is 610. The number of rotatable bonds is 3. The van der Waals surface area contributed by atoms with Crippen molar-refractivity contribution >= 4 is 56.4 Å². The van der Waals surface area contributed by atoms with Crippen molar-refractivity contribution in [1.82, 2.24) is 4.98 Å². The van der Waals surface area contributed by atoms with Crippen molar-refractivity contribution in [1.29, 1.82) is 0 Å². The average Bonchev–Trinajstić information content (AvgIpc) is 2.43. The zero-order valence-electron chi connectivity index (χ0n) is 10.8. The Labute approximate surface area is 132 Å². The Hall–Kier alpha value is -0.370. The van der Waals surface area contributed by atoms with Crippen LogP contribution in [0.4, 0.5) is 11.6 Å². The minimum absolute atomic E-state index is 0.0788. The summed E-state index contributed by atoms with van der Waals surface area (Å²) in [6, 6.07) is 1.50. The van der Waals surface area contributed by atoms with Crippen molar-refractivity contribution < 1.29 is 8.42 Å². The smallest absolute Gasteiger partial charge is 0.171 e. The molecule has 20 heavy (non-hydrogen) atoms. The van der Waals surface area contributed by atoms with Gasteiger partial charge in [0.2, 0.25) is 0 Å². The molecule has 0 aliphatic carbocycles. The number of aromatic nitrogens is 1. The number of thioether (sulfide) groups is 1. The van der Waals surface area contributed by atoms with E-state index in [1.54, 1.807) is 23.6 Å². The van der Waals surface area contributed by atoms with Gasteiger partial charge in [0, 0.05) is 23.8 Å². The minimum atomic E-state index is -3.23. The molecule has 1 unspecified atom stereocenters. The van der Waals surface area contributed by atoms with Crippen molar-refractivity contribution in [2.45, 2.75) is 12.3 Å². The fourth-order valence-corrected chi connectivity index (χ4v) is 5.42. The predicted molar refractivity (Wildman–Crippen MR) is 86.6 cm³/mol. The van der Waals surface area contributed by atoms with Crippen molar-refractivity contribution in [3.05, 3.63) is 16.1 Å². The Morgan fingerprint density at radius 2 is 2.20 bits per heavy atom. The SMILES string of the molecule is CCS(=O)(=O)C1CSCCN1c1nc(N)c(Cl)cc1Cl. The van der Waals surface area contributed by atoms with E-state index in [0.29, 0.717) is 23.1 Å². The van der Waals surface area contributed by atoms with Crippen LogP contribution in [0.25, 0.3) is 0 Å². The maximum absolute atomic E-state index is 12.2. The van der Waals surface area contributed by atoms with E-state index in [-0.39, 0.29) is 16.6 Å². The summed E-state index contributed by atoms with van der Waals surface area (Å²) in [6.45, 7) is 2.19. The summed E-state index contributed by atoms with van der Waals surface area (Å²) in [5.74, 6) is 1.93. The molecule has 1 saturated heterocycles. The zero-order chi connectivity index (χ0) is 14.9. The summed E-state index contributed by atoms with van der Waals surface area (Å²) in [4.78, 5) is 5.87. The van der Waals surface area contributed by atoms with Crippen LogP contribution in [0.2, 0.25) is 10.0 Å². The fourth-order valence-electron chi connectivity index (χ4n) is 1.99. The number of nitrogens with zero attached hydrogens (tertiary/aromatic N) is 2. The maximum atomic E-state index is 12.2. The maximum Gasteiger partial charge on any atom is 0.171 e. The topological polar surface area (TPSA) is 76.3 Å². The minimum Gasteiger partial charge on any atom is -0.382 e. The van der Waals surface area contributed by atoms with Crippen molar-refractivity contribution in [2.24, 2.45) is 0 Å². The fraction of sp³-hybridized carbons (Fsp3) is 0.545. The summed E-state index contributed by atoms with van der Waals surface area (Å²) < 4.78 is 24.4. The Morgan fingerprint density at radius 3 is 2.85 bits per heavy atom. The molecule has 1 fully saturated rings. The largest absolute Gasteiger partial charge is 0.382 e. The molecule has 0 radical (unpaired) electrons. The third kappa shape index (κ3) is 3.10. The van der Waals surface area contributed by atoms with Crippen LogP contribution in [0.5, 0.6) is 0 Å². The van der Waals surface area contributed by atoms with Gasteiger partial charge in [0.1, 0.15) is 11.2 Å². The van der Waals surface area contributed by atoms with E-state index in [1.165, 1.54) is 6.07 Å². The molecule has 1 aliphatic heterocycles. The molecule has 1 aliphatic rings. The summed E-state index contributed by atoms with van der Waals surface area (Å²) in [7, 11) is -3.23.